The second-order valence-electron chi connectivity index (χ2n) is 4.76. The second-order valence-corrected chi connectivity index (χ2v) is 4.76. The molecule has 0 fully saturated rings. The number of benzene rings is 1. The van der Waals surface area contributed by atoms with Gasteiger partial charge in [0.05, 0.1) is 0 Å². The van der Waals surface area contributed by atoms with Gasteiger partial charge in [0, 0.05) is 6.92 Å². The number of hydrogen-bond donors (Lipinski definition) is 1. The maximum absolute atomic E-state index is 9.22. The summed E-state index contributed by atoms with van der Waals surface area (Å²) in [6.07, 6.45) is 2.45. The minimum Gasteiger partial charge on any atom is -0.370 e. The highest BCUT2D eigenvalue weighted by Crippen LogP contribution is 2.03. The number of nitrogens with two attached hydrogens (primary N) is 1. The quantitative estimate of drug-likeness (QED) is 0.844. The topological polar surface area (TPSA) is 43.1 Å². The Balaban J connectivity index is 0. The average Bonchev–Trinajstić information content (AvgIpc) is 2.29. The van der Waals surface area contributed by atoms with E-state index >= 15 is 0 Å². The summed E-state index contributed by atoms with van der Waals surface area (Å²) in [5.41, 5.74) is 7.25. The van der Waals surface area contributed by atoms with Gasteiger partial charge >= 0.3 is 0 Å². The van der Waals surface area contributed by atoms with E-state index in [0.29, 0.717) is 0 Å². The summed E-state index contributed by atoms with van der Waals surface area (Å²) < 4.78 is 0. The maximum atomic E-state index is 9.22. The Hall–Kier alpha value is -1.31. The van der Waals surface area contributed by atoms with E-state index in [4.69, 9.17) is 0 Å². The molecule has 2 heteroatoms. The third kappa shape index (κ3) is 17.1. The monoisotopic (exact) mass is 251 g/mol. The van der Waals surface area contributed by atoms with Crippen LogP contribution in [0.1, 0.15) is 52.2 Å². The zero-order valence-electron chi connectivity index (χ0n) is 12.8. The van der Waals surface area contributed by atoms with Gasteiger partial charge in [0.1, 0.15) is 0 Å². The molecule has 0 aliphatic carbocycles. The van der Waals surface area contributed by atoms with Crippen molar-refractivity contribution >= 4 is 5.91 Å². The number of hydrogen-bond acceptors (Lipinski definition) is 1. The molecule has 1 aromatic carbocycles. The lowest BCUT2D eigenvalue weighted by Crippen LogP contribution is -2.01. The van der Waals surface area contributed by atoms with Crippen molar-refractivity contribution in [2.24, 2.45) is 11.7 Å². The molecule has 1 rings (SSSR count). The molecule has 2 N–H and O–H groups in total. The van der Waals surface area contributed by atoms with Gasteiger partial charge in [-0.1, -0.05) is 63.9 Å². The third-order valence-corrected chi connectivity index (χ3v) is 2.31. The van der Waals surface area contributed by atoms with Crippen LogP contribution in [-0.2, 0) is 11.2 Å². The summed E-state index contributed by atoms with van der Waals surface area (Å²) in [4.78, 5) is 9.22. The Morgan fingerprint density at radius 3 is 1.94 bits per heavy atom. The van der Waals surface area contributed by atoms with Gasteiger partial charge in [-0.25, -0.2) is 0 Å². The van der Waals surface area contributed by atoms with Gasteiger partial charge in [-0.2, -0.15) is 0 Å². The van der Waals surface area contributed by atoms with Crippen molar-refractivity contribution in [1.29, 1.82) is 0 Å². The summed E-state index contributed by atoms with van der Waals surface area (Å²) in [6, 6.07) is 8.61. The van der Waals surface area contributed by atoms with Gasteiger partial charge in [0.25, 0.3) is 0 Å². The van der Waals surface area contributed by atoms with E-state index in [1.807, 2.05) is 0 Å². The van der Waals surface area contributed by atoms with Crippen LogP contribution in [0, 0.1) is 12.8 Å². The van der Waals surface area contributed by atoms with Crippen molar-refractivity contribution in [2.75, 3.05) is 0 Å². The molecule has 0 aromatic heterocycles. The standard InChI is InChI=1S/C9H12.C5H12.C2H5NO/c1-3-9-6-4-5-8(2)7-9;1-4-5(2)3;1-2(3)4/h4-7H,3H2,1-2H3;5H,4H2,1-3H3;1H3,(H2,3,4). The van der Waals surface area contributed by atoms with Gasteiger partial charge in [0.15, 0.2) is 0 Å². The van der Waals surface area contributed by atoms with Crippen LogP contribution in [0.3, 0.4) is 0 Å². The molecule has 104 valence electrons. The lowest BCUT2D eigenvalue weighted by Gasteiger charge is -1.95. The molecule has 0 saturated carbocycles. The first kappa shape index (κ1) is 19.0. The molecule has 0 bridgehead atoms. The molecule has 2 nitrogen and oxygen atoms in total. The molecule has 1 amide bonds. The smallest absolute Gasteiger partial charge is 0.214 e. The molecule has 0 aliphatic rings. The van der Waals surface area contributed by atoms with Crippen molar-refractivity contribution in [3.8, 4) is 0 Å². The van der Waals surface area contributed by atoms with Crippen LogP contribution in [0.4, 0.5) is 0 Å². The van der Waals surface area contributed by atoms with E-state index in [1.54, 1.807) is 0 Å². The summed E-state index contributed by atoms with van der Waals surface area (Å²) in [5.74, 6) is 0.551. The first-order valence-corrected chi connectivity index (χ1v) is 6.64. The summed E-state index contributed by atoms with van der Waals surface area (Å²) in [6.45, 7) is 12.2. The molecule has 0 unspecified atom stereocenters. The highest BCUT2D eigenvalue weighted by molar-refractivity contribution is 5.70. The zero-order valence-corrected chi connectivity index (χ0v) is 12.8. The molecule has 0 atom stereocenters. The molecule has 0 saturated heterocycles. The Morgan fingerprint density at radius 1 is 1.28 bits per heavy atom. The number of carbonyl (C=O) groups is 1. The van der Waals surface area contributed by atoms with Crippen molar-refractivity contribution < 1.29 is 4.79 Å². The average molecular weight is 251 g/mol. The molecule has 0 radical (unpaired) electrons. The van der Waals surface area contributed by atoms with Crippen LogP contribution < -0.4 is 5.73 Å². The predicted molar refractivity (Wildman–Crippen MR) is 80.6 cm³/mol. The van der Waals surface area contributed by atoms with E-state index < -0.39 is 0 Å². The van der Waals surface area contributed by atoms with Gasteiger partial charge < -0.3 is 5.73 Å². The van der Waals surface area contributed by atoms with E-state index in [2.05, 4.69) is 64.6 Å². The second kappa shape index (κ2) is 12.2. The van der Waals surface area contributed by atoms with Crippen LogP contribution in [0.25, 0.3) is 0 Å². The first-order valence-electron chi connectivity index (χ1n) is 6.64. The minimum atomic E-state index is -0.333. The largest absolute Gasteiger partial charge is 0.370 e. The van der Waals surface area contributed by atoms with Crippen LogP contribution >= 0.6 is 0 Å². The number of primary amides is 1. The van der Waals surface area contributed by atoms with Gasteiger partial charge in [0.2, 0.25) is 5.91 Å². The molecule has 18 heavy (non-hydrogen) atoms. The van der Waals surface area contributed by atoms with E-state index in [9.17, 15) is 4.79 Å². The van der Waals surface area contributed by atoms with Crippen molar-refractivity contribution in [3.05, 3.63) is 35.4 Å². The molecule has 0 spiro atoms. The number of carbonyl (C=O) groups excluding carboxylic acids is 1. The molecule has 1 aromatic rings. The van der Waals surface area contributed by atoms with Crippen molar-refractivity contribution in [1.82, 2.24) is 0 Å². The van der Waals surface area contributed by atoms with Gasteiger partial charge in [-0.15, -0.1) is 0 Å². The highest BCUT2D eigenvalue weighted by atomic mass is 16.1. The fraction of sp³-hybridized carbons (Fsp3) is 0.562. The Morgan fingerprint density at radius 2 is 1.72 bits per heavy atom. The fourth-order valence-electron chi connectivity index (χ4n) is 0.932. The summed E-state index contributed by atoms with van der Waals surface area (Å²) in [5, 5.41) is 0. The van der Waals surface area contributed by atoms with Crippen LogP contribution in [0.15, 0.2) is 24.3 Å². The van der Waals surface area contributed by atoms with E-state index in [1.165, 1.54) is 24.5 Å². The number of aryl methyl sites for hydroxylation is 2. The first-order chi connectivity index (χ1) is 8.33. The maximum Gasteiger partial charge on any atom is 0.214 e. The van der Waals surface area contributed by atoms with E-state index in [-0.39, 0.29) is 5.91 Å². The van der Waals surface area contributed by atoms with E-state index in [0.717, 1.165) is 12.3 Å². The van der Waals surface area contributed by atoms with Gasteiger partial charge in [-0.3, -0.25) is 4.79 Å². The normalized spacial score (nSPS) is 8.83. The molecular formula is C16H29NO. The predicted octanol–water partition coefficient (Wildman–Crippen LogP) is 4.10. The van der Waals surface area contributed by atoms with Gasteiger partial charge in [-0.05, 0) is 24.8 Å². The fourth-order valence-corrected chi connectivity index (χ4v) is 0.932. The Kier molecular flexibility index (Phi) is 12.9. The zero-order chi connectivity index (χ0) is 14.6. The SMILES string of the molecule is CC(N)=O.CCC(C)C.CCc1cccc(C)c1. The van der Waals surface area contributed by atoms with Crippen molar-refractivity contribution in [3.63, 3.8) is 0 Å². The molecule has 0 heterocycles. The molecular weight excluding hydrogens is 222 g/mol. The van der Waals surface area contributed by atoms with Crippen LogP contribution in [-0.4, -0.2) is 5.91 Å². The minimum absolute atomic E-state index is 0.333. The van der Waals surface area contributed by atoms with Crippen LogP contribution in [0.5, 0.6) is 0 Å². The Bertz CT molecular complexity index is 315. The van der Waals surface area contributed by atoms with Crippen LogP contribution in [0.2, 0.25) is 0 Å². The highest BCUT2D eigenvalue weighted by Gasteiger charge is 1.85. The number of rotatable bonds is 2. The Labute approximate surface area is 113 Å². The molecule has 0 aliphatic heterocycles. The van der Waals surface area contributed by atoms with Crippen molar-refractivity contribution in [2.45, 2.75) is 54.4 Å². The number of amides is 1. The lowest BCUT2D eigenvalue weighted by molar-refractivity contribution is -0.115. The summed E-state index contributed by atoms with van der Waals surface area (Å²) >= 11 is 0. The summed E-state index contributed by atoms with van der Waals surface area (Å²) in [7, 11) is 0. The third-order valence-electron chi connectivity index (χ3n) is 2.31. The lowest BCUT2D eigenvalue weighted by atomic mass is 10.1.